The second-order valence-corrected chi connectivity index (χ2v) is 7.07. The van der Waals surface area contributed by atoms with Crippen LogP contribution in [0.3, 0.4) is 0 Å². The Morgan fingerprint density at radius 1 is 1.24 bits per heavy atom. The minimum Gasteiger partial charge on any atom is -0.339 e. The zero-order valence-corrected chi connectivity index (χ0v) is 14.1. The summed E-state index contributed by atoms with van der Waals surface area (Å²) in [6.07, 6.45) is 6.51. The highest BCUT2D eigenvalue weighted by atomic mass is 32.1. The number of carbonyl (C=O) groups is 1. The molecule has 2 rings (SSSR count). The molecule has 1 aliphatic carbocycles. The summed E-state index contributed by atoms with van der Waals surface area (Å²) < 4.78 is 0. The van der Waals surface area contributed by atoms with E-state index in [0.29, 0.717) is 18.4 Å². The molecule has 0 unspecified atom stereocenters. The average molecular weight is 305 g/mol. The molecule has 21 heavy (non-hydrogen) atoms. The van der Waals surface area contributed by atoms with Gasteiger partial charge in [-0.1, -0.05) is 38.8 Å². The minimum absolute atomic E-state index is 0.287. The quantitative estimate of drug-likeness (QED) is 0.775. The van der Waals surface area contributed by atoms with E-state index in [0.717, 1.165) is 23.4 Å². The maximum atomic E-state index is 12.7. The molecule has 0 atom stereocenters. The Morgan fingerprint density at radius 2 is 1.86 bits per heavy atom. The first-order valence-corrected chi connectivity index (χ1v) is 8.58. The first kappa shape index (κ1) is 16.4. The van der Waals surface area contributed by atoms with Crippen LogP contribution in [-0.2, 0) is 11.2 Å². The SMILES string of the molecule is CC(C)CCN(C(=O)Cc1ccc(S)cc1)C1CCCC1. The third-order valence-electron chi connectivity index (χ3n) is 4.32. The zero-order valence-electron chi connectivity index (χ0n) is 13.2. The molecule has 1 fully saturated rings. The summed E-state index contributed by atoms with van der Waals surface area (Å²) in [5.74, 6) is 0.930. The molecule has 116 valence electrons. The molecule has 0 saturated heterocycles. The normalized spacial score (nSPS) is 15.6. The molecule has 1 aliphatic rings. The van der Waals surface area contributed by atoms with Crippen molar-refractivity contribution < 1.29 is 4.79 Å². The highest BCUT2D eigenvalue weighted by Crippen LogP contribution is 2.25. The van der Waals surface area contributed by atoms with Crippen molar-refractivity contribution in [2.24, 2.45) is 5.92 Å². The lowest BCUT2D eigenvalue weighted by Gasteiger charge is -2.30. The molecule has 1 aromatic rings. The lowest BCUT2D eigenvalue weighted by Crippen LogP contribution is -2.40. The van der Waals surface area contributed by atoms with Crippen LogP contribution in [0.4, 0.5) is 0 Å². The molecule has 0 aromatic heterocycles. The van der Waals surface area contributed by atoms with Crippen molar-refractivity contribution in [3.05, 3.63) is 29.8 Å². The van der Waals surface area contributed by atoms with Crippen LogP contribution in [0.5, 0.6) is 0 Å². The van der Waals surface area contributed by atoms with Gasteiger partial charge in [-0.05, 0) is 42.9 Å². The predicted octanol–water partition coefficient (Wildman–Crippen LogP) is 4.34. The second-order valence-electron chi connectivity index (χ2n) is 6.55. The van der Waals surface area contributed by atoms with Gasteiger partial charge in [0.05, 0.1) is 6.42 Å². The number of rotatable bonds is 6. The van der Waals surface area contributed by atoms with Crippen molar-refractivity contribution in [2.75, 3.05) is 6.54 Å². The van der Waals surface area contributed by atoms with E-state index < -0.39 is 0 Å². The Bertz CT molecular complexity index is 449. The summed E-state index contributed by atoms with van der Waals surface area (Å²) in [6, 6.07) is 8.41. The molecule has 0 aliphatic heterocycles. The fourth-order valence-electron chi connectivity index (χ4n) is 3.01. The Balaban J connectivity index is 2.00. The lowest BCUT2D eigenvalue weighted by atomic mass is 10.1. The van der Waals surface area contributed by atoms with E-state index in [4.69, 9.17) is 0 Å². The van der Waals surface area contributed by atoms with E-state index in [2.05, 4.69) is 31.4 Å². The predicted molar refractivity (Wildman–Crippen MR) is 90.8 cm³/mol. The summed E-state index contributed by atoms with van der Waals surface area (Å²) in [5, 5.41) is 0. The Kier molecular flexibility index (Phi) is 6.16. The van der Waals surface area contributed by atoms with Crippen molar-refractivity contribution in [3.8, 4) is 0 Å². The van der Waals surface area contributed by atoms with Gasteiger partial charge in [0.2, 0.25) is 5.91 Å². The largest absolute Gasteiger partial charge is 0.339 e. The van der Waals surface area contributed by atoms with Crippen molar-refractivity contribution >= 4 is 18.5 Å². The Hall–Kier alpha value is -0.960. The topological polar surface area (TPSA) is 20.3 Å². The molecule has 1 amide bonds. The fourth-order valence-corrected chi connectivity index (χ4v) is 3.16. The van der Waals surface area contributed by atoms with Crippen LogP contribution in [-0.4, -0.2) is 23.4 Å². The molecular formula is C18H27NOS. The van der Waals surface area contributed by atoms with Gasteiger partial charge < -0.3 is 4.90 Å². The molecule has 0 bridgehead atoms. The van der Waals surface area contributed by atoms with Gasteiger partial charge in [0.25, 0.3) is 0 Å². The zero-order chi connectivity index (χ0) is 15.2. The summed E-state index contributed by atoms with van der Waals surface area (Å²) in [6.45, 7) is 5.36. The Labute approximate surface area is 134 Å². The van der Waals surface area contributed by atoms with Crippen LogP contribution < -0.4 is 0 Å². The fraction of sp³-hybridized carbons (Fsp3) is 0.611. The molecule has 1 saturated carbocycles. The van der Waals surface area contributed by atoms with Crippen LogP contribution in [0.1, 0.15) is 51.5 Å². The third kappa shape index (κ3) is 5.06. The van der Waals surface area contributed by atoms with Crippen LogP contribution in [0, 0.1) is 5.92 Å². The van der Waals surface area contributed by atoms with Gasteiger partial charge in [0, 0.05) is 17.5 Å². The Morgan fingerprint density at radius 3 is 2.43 bits per heavy atom. The number of nitrogens with zero attached hydrogens (tertiary/aromatic N) is 1. The molecular weight excluding hydrogens is 278 g/mol. The van der Waals surface area contributed by atoms with Crippen LogP contribution in [0.15, 0.2) is 29.2 Å². The molecule has 2 nitrogen and oxygen atoms in total. The molecule has 0 spiro atoms. The smallest absolute Gasteiger partial charge is 0.227 e. The molecule has 3 heteroatoms. The van der Waals surface area contributed by atoms with E-state index in [1.165, 1.54) is 25.7 Å². The van der Waals surface area contributed by atoms with Crippen LogP contribution >= 0.6 is 12.6 Å². The first-order valence-electron chi connectivity index (χ1n) is 8.13. The number of benzene rings is 1. The van der Waals surface area contributed by atoms with Crippen molar-refractivity contribution in [2.45, 2.75) is 63.3 Å². The monoisotopic (exact) mass is 305 g/mol. The first-order chi connectivity index (χ1) is 10.1. The van der Waals surface area contributed by atoms with Crippen molar-refractivity contribution in [1.29, 1.82) is 0 Å². The standard InChI is InChI=1S/C18H27NOS/c1-14(2)11-12-19(16-5-3-4-6-16)18(20)13-15-7-9-17(21)10-8-15/h7-10,14,16,21H,3-6,11-13H2,1-2H3. The summed E-state index contributed by atoms with van der Waals surface area (Å²) in [4.78, 5) is 15.8. The number of thiol groups is 1. The summed E-state index contributed by atoms with van der Waals surface area (Å²) >= 11 is 4.29. The van der Waals surface area contributed by atoms with E-state index in [1.54, 1.807) is 0 Å². The van der Waals surface area contributed by atoms with Crippen molar-refractivity contribution in [1.82, 2.24) is 4.90 Å². The summed E-state index contributed by atoms with van der Waals surface area (Å²) in [7, 11) is 0. The number of carbonyl (C=O) groups excluding carboxylic acids is 1. The average Bonchev–Trinajstić information content (AvgIpc) is 2.95. The lowest BCUT2D eigenvalue weighted by molar-refractivity contribution is -0.132. The van der Waals surface area contributed by atoms with Gasteiger partial charge >= 0.3 is 0 Å². The molecule has 0 heterocycles. The van der Waals surface area contributed by atoms with Crippen LogP contribution in [0.25, 0.3) is 0 Å². The number of amides is 1. The maximum absolute atomic E-state index is 12.7. The maximum Gasteiger partial charge on any atom is 0.227 e. The van der Waals surface area contributed by atoms with E-state index >= 15 is 0 Å². The van der Waals surface area contributed by atoms with Gasteiger partial charge in [0.15, 0.2) is 0 Å². The van der Waals surface area contributed by atoms with Crippen molar-refractivity contribution in [3.63, 3.8) is 0 Å². The third-order valence-corrected chi connectivity index (χ3v) is 4.62. The molecule has 0 N–H and O–H groups in total. The van der Waals surface area contributed by atoms with Gasteiger partial charge in [-0.3, -0.25) is 4.79 Å². The minimum atomic E-state index is 0.287. The van der Waals surface area contributed by atoms with Gasteiger partial charge in [0.1, 0.15) is 0 Å². The van der Waals surface area contributed by atoms with E-state index in [1.807, 2.05) is 24.3 Å². The van der Waals surface area contributed by atoms with E-state index in [-0.39, 0.29) is 5.91 Å². The number of hydrogen-bond donors (Lipinski definition) is 1. The number of hydrogen-bond acceptors (Lipinski definition) is 2. The highest BCUT2D eigenvalue weighted by Gasteiger charge is 2.26. The van der Waals surface area contributed by atoms with Crippen LogP contribution in [0.2, 0.25) is 0 Å². The second kappa shape index (κ2) is 7.88. The van der Waals surface area contributed by atoms with Gasteiger partial charge in [-0.2, -0.15) is 0 Å². The van der Waals surface area contributed by atoms with Gasteiger partial charge in [-0.25, -0.2) is 0 Å². The highest BCUT2D eigenvalue weighted by molar-refractivity contribution is 7.80. The van der Waals surface area contributed by atoms with Gasteiger partial charge in [-0.15, -0.1) is 12.6 Å². The molecule has 1 aromatic carbocycles. The van der Waals surface area contributed by atoms with E-state index in [9.17, 15) is 4.79 Å². The summed E-state index contributed by atoms with van der Waals surface area (Å²) in [5.41, 5.74) is 1.09. The molecule has 0 radical (unpaired) electrons.